The van der Waals surface area contributed by atoms with E-state index in [9.17, 15) is 8.42 Å². The maximum absolute atomic E-state index is 12.4. The quantitative estimate of drug-likeness (QED) is 0.757. The number of piperidine rings is 1. The molecule has 1 aromatic rings. The summed E-state index contributed by atoms with van der Waals surface area (Å²) in [6, 6.07) is 3.23. The average molecular weight is 373 g/mol. The molecule has 0 bridgehead atoms. The van der Waals surface area contributed by atoms with Gasteiger partial charge in [0.05, 0.1) is 4.34 Å². The zero-order valence-electron chi connectivity index (χ0n) is 9.81. The maximum atomic E-state index is 12.4. The molecule has 3 nitrogen and oxygen atoms in total. The molecule has 0 saturated carbocycles. The van der Waals surface area contributed by atoms with E-state index >= 15 is 0 Å². The Hall–Kier alpha value is 0.380. The summed E-state index contributed by atoms with van der Waals surface area (Å²) >= 11 is 10.4. The normalized spacial score (nSPS) is 22.2. The maximum Gasteiger partial charge on any atom is 0.252 e. The number of halogens is 2. The highest BCUT2D eigenvalue weighted by Crippen LogP contribution is 2.31. The lowest BCUT2D eigenvalue weighted by molar-refractivity contribution is 0.263. The first-order valence-electron chi connectivity index (χ1n) is 5.85. The monoisotopic (exact) mass is 371 g/mol. The van der Waals surface area contributed by atoms with E-state index in [0.29, 0.717) is 27.6 Å². The number of rotatable bonds is 4. The number of hydrogen-bond donors (Lipinski definition) is 0. The lowest BCUT2D eigenvalue weighted by Crippen LogP contribution is -2.39. The van der Waals surface area contributed by atoms with Crippen molar-refractivity contribution in [2.45, 2.75) is 23.5 Å². The van der Waals surface area contributed by atoms with Crippen LogP contribution >= 0.6 is 38.9 Å². The van der Waals surface area contributed by atoms with Crippen LogP contribution in [-0.4, -0.2) is 31.1 Å². The Bertz CT molecular complexity index is 501. The van der Waals surface area contributed by atoms with Crippen molar-refractivity contribution in [3.05, 3.63) is 16.5 Å². The first kappa shape index (κ1) is 14.8. The van der Waals surface area contributed by atoms with Gasteiger partial charge in [0, 0.05) is 18.4 Å². The van der Waals surface area contributed by atoms with Crippen molar-refractivity contribution in [3.63, 3.8) is 0 Å². The number of hydrogen-bond acceptors (Lipinski definition) is 3. The SMILES string of the molecule is O=S(=O)(c1ccc(Cl)s1)N1CCCC(CCBr)C1. The van der Waals surface area contributed by atoms with Crippen molar-refractivity contribution < 1.29 is 8.42 Å². The molecule has 7 heteroatoms. The van der Waals surface area contributed by atoms with Crippen LogP contribution in [0.5, 0.6) is 0 Å². The highest BCUT2D eigenvalue weighted by molar-refractivity contribution is 9.09. The third-order valence-corrected chi connectivity index (χ3v) is 7.16. The summed E-state index contributed by atoms with van der Waals surface area (Å²) in [5, 5.41) is 0.927. The van der Waals surface area contributed by atoms with Crippen molar-refractivity contribution >= 4 is 48.9 Å². The van der Waals surface area contributed by atoms with Crippen LogP contribution in [0.2, 0.25) is 4.34 Å². The molecule has 0 amide bonds. The fourth-order valence-corrected chi connectivity index (χ4v) is 6.04. The molecule has 18 heavy (non-hydrogen) atoms. The fourth-order valence-electron chi connectivity index (χ4n) is 2.20. The van der Waals surface area contributed by atoms with Crippen molar-refractivity contribution in [2.24, 2.45) is 5.92 Å². The van der Waals surface area contributed by atoms with E-state index in [1.54, 1.807) is 16.4 Å². The second-order valence-corrected chi connectivity index (χ2v) is 9.08. The second kappa shape index (κ2) is 6.22. The summed E-state index contributed by atoms with van der Waals surface area (Å²) in [5.74, 6) is 0.461. The van der Waals surface area contributed by atoms with Crippen molar-refractivity contribution in [1.29, 1.82) is 0 Å². The zero-order valence-corrected chi connectivity index (χ0v) is 13.8. The Kier molecular flexibility index (Phi) is 5.11. The molecule has 0 aliphatic carbocycles. The van der Waals surface area contributed by atoms with Crippen LogP contribution in [0.25, 0.3) is 0 Å². The van der Waals surface area contributed by atoms with Crippen LogP contribution in [0.3, 0.4) is 0 Å². The van der Waals surface area contributed by atoms with Crippen molar-refractivity contribution in [1.82, 2.24) is 4.31 Å². The van der Waals surface area contributed by atoms with Crippen LogP contribution < -0.4 is 0 Å². The van der Waals surface area contributed by atoms with E-state index in [0.717, 1.165) is 35.9 Å². The van der Waals surface area contributed by atoms with E-state index in [1.165, 1.54) is 0 Å². The topological polar surface area (TPSA) is 37.4 Å². The van der Waals surface area contributed by atoms with Gasteiger partial charge >= 0.3 is 0 Å². The van der Waals surface area contributed by atoms with Gasteiger partial charge in [-0.1, -0.05) is 27.5 Å². The fraction of sp³-hybridized carbons (Fsp3) is 0.636. The molecule has 0 aromatic carbocycles. The van der Waals surface area contributed by atoms with E-state index in [2.05, 4.69) is 15.9 Å². The van der Waals surface area contributed by atoms with E-state index < -0.39 is 10.0 Å². The van der Waals surface area contributed by atoms with Gasteiger partial charge < -0.3 is 0 Å². The molecule has 102 valence electrons. The lowest BCUT2D eigenvalue weighted by Gasteiger charge is -2.31. The number of nitrogens with zero attached hydrogens (tertiary/aromatic N) is 1. The molecular formula is C11H15BrClNO2S2. The third-order valence-electron chi connectivity index (χ3n) is 3.14. The molecule has 0 spiro atoms. The minimum atomic E-state index is -3.34. The van der Waals surface area contributed by atoms with E-state index in [4.69, 9.17) is 11.6 Å². The summed E-state index contributed by atoms with van der Waals surface area (Å²) in [5.41, 5.74) is 0. The Morgan fingerprint density at radius 1 is 1.50 bits per heavy atom. The Labute approximate surface area is 125 Å². The molecule has 1 unspecified atom stereocenters. The van der Waals surface area contributed by atoms with Crippen LogP contribution in [0.4, 0.5) is 0 Å². The van der Waals surface area contributed by atoms with E-state index in [1.807, 2.05) is 0 Å². The minimum Gasteiger partial charge on any atom is -0.206 e. The Balaban J connectivity index is 2.15. The summed E-state index contributed by atoms with van der Waals surface area (Å²) in [6.07, 6.45) is 3.08. The highest BCUT2D eigenvalue weighted by Gasteiger charge is 2.30. The predicted octanol–water partition coefficient (Wildman–Crippen LogP) is 3.59. The number of sulfonamides is 1. The molecule has 0 radical (unpaired) electrons. The summed E-state index contributed by atoms with van der Waals surface area (Å²) < 4.78 is 27.3. The summed E-state index contributed by atoms with van der Waals surface area (Å²) in [7, 11) is -3.34. The molecule has 0 N–H and O–H groups in total. The molecule has 1 aromatic heterocycles. The molecule has 1 fully saturated rings. The number of thiophene rings is 1. The smallest absolute Gasteiger partial charge is 0.206 e. The summed E-state index contributed by atoms with van der Waals surface area (Å²) in [4.78, 5) is 0. The van der Waals surface area contributed by atoms with Gasteiger partial charge in [-0.3, -0.25) is 0 Å². The van der Waals surface area contributed by atoms with Gasteiger partial charge in [0.25, 0.3) is 10.0 Å². The first-order valence-corrected chi connectivity index (χ1v) is 9.61. The molecule has 1 aliphatic rings. The minimum absolute atomic E-state index is 0.354. The van der Waals surface area contributed by atoms with Crippen LogP contribution in [0, 0.1) is 5.92 Å². The van der Waals surface area contributed by atoms with Crippen molar-refractivity contribution in [3.8, 4) is 0 Å². The third kappa shape index (κ3) is 3.28. The molecule has 1 atom stereocenters. The van der Waals surface area contributed by atoms with Crippen LogP contribution in [0.1, 0.15) is 19.3 Å². The van der Waals surface area contributed by atoms with Gasteiger partial charge in [-0.05, 0) is 37.3 Å². The average Bonchev–Trinajstić information content (AvgIpc) is 2.77. The molecular weight excluding hydrogens is 358 g/mol. The van der Waals surface area contributed by atoms with Gasteiger partial charge in [0.1, 0.15) is 4.21 Å². The zero-order chi connectivity index (χ0) is 13.2. The van der Waals surface area contributed by atoms with Crippen LogP contribution in [0.15, 0.2) is 16.3 Å². The van der Waals surface area contributed by atoms with Gasteiger partial charge in [-0.25, -0.2) is 8.42 Å². The molecule has 1 saturated heterocycles. The van der Waals surface area contributed by atoms with Gasteiger partial charge in [-0.2, -0.15) is 4.31 Å². The van der Waals surface area contributed by atoms with Crippen LogP contribution in [-0.2, 0) is 10.0 Å². The standard InChI is InChI=1S/C11H15BrClNO2S2/c12-6-5-9-2-1-7-14(8-9)18(15,16)11-4-3-10(13)17-11/h3-4,9H,1-2,5-8H2. The van der Waals surface area contributed by atoms with E-state index in [-0.39, 0.29) is 0 Å². The first-order chi connectivity index (χ1) is 8.54. The predicted molar refractivity (Wildman–Crippen MR) is 79.2 cm³/mol. The Morgan fingerprint density at radius 3 is 2.89 bits per heavy atom. The molecule has 2 heterocycles. The second-order valence-electron chi connectivity index (χ2n) is 4.41. The van der Waals surface area contributed by atoms with Gasteiger partial charge in [0.2, 0.25) is 0 Å². The van der Waals surface area contributed by atoms with Crippen molar-refractivity contribution in [2.75, 3.05) is 18.4 Å². The molecule has 2 rings (SSSR count). The lowest BCUT2D eigenvalue weighted by atomic mass is 9.97. The Morgan fingerprint density at radius 2 is 2.28 bits per heavy atom. The molecule has 1 aliphatic heterocycles. The highest BCUT2D eigenvalue weighted by atomic mass is 79.9. The summed E-state index contributed by atoms with van der Waals surface area (Å²) in [6.45, 7) is 1.25. The van der Waals surface area contributed by atoms with Gasteiger partial charge in [-0.15, -0.1) is 11.3 Å². The number of alkyl halides is 1. The van der Waals surface area contributed by atoms with Gasteiger partial charge in [0.15, 0.2) is 0 Å². The largest absolute Gasteiger partial charge is 0.252 e.